The lowest BCUT2D eigenvalue weighted by Gasteiger charge is -1.90. The highest BCUT2D eigenvalue weighted by Crippen LogP contribution is 1.96. The zero-order valence-electron chi connectivity index (χ0n) is 7.03. The predicted molar refractivity (Wildman–Crippen MR) is 48.2 cm³/mol. The first-order valence-corrected chi connectivity index (χ1v) is 3.88. The van der Waals surface area contributed by atoms with Crippen LogP contribution < -0.4 is 0 Å². The molecule has 0 aliphatic rings. The van der Waals surface area contributed by atoms with Crippen molar-refractivity contribution in [1.82, 2.24) is 4.98 Å². The quantitative estimate of drug-likeness (QED) is 0.529. The number of aliphatic hydroxyl groups excluding tert-OH is 1. The van der Waals surface area contributed by atoms with Crippen molar-refractivity contribution < 1.29 is 9.90 Å². The number of aldehydes is 1. The van der Waals surface area contributed by atoms with Gasteiger partial charge in [-0.25, -0.2) is 4.98 Å². The van der Waals surface area contributed by atoms with Gasteiger partial charge < -0.3 is 5.11 Å². The van der Waals surface area contributed by atoms with Crippen molar-refractivity contribution >= 4 is 6.29 Å². The number of nitrogens with zero attached hydrogens (tertiary/aromatic N) is 1. The van der Waals surface area contributed by atoms with E-state index in [0.717, 1.165) is 6.29 Å². The zero-order valence-corrected chi connectivity index (χ0v) is 7.03. The molecular weight excluding hydrogens is 166 g/mol. The van der Waals surface area contributed by atoms with Crippen LogP contribution in [0.25, 0.3) is 0 Å². The standard InChI is InChI=1S/C10H9NO2/c12-6-2-1-3-10-7-9(8-13)4-5-11-10/h4-5,7-8,12H,2,6H2. The number of carbonyl (C=O) groups excluding carboxylic acids is 1. The van der Waals surface area contributed by atoms with E-state index in [2.05, 4.69) is 16.8 Å². The van der Waals surface area contributed by atoms with Crippen LogP contribution in [-0.2, 0) is 0 Å². The van der Waals surface area contributed by atoms with Crippen LogP contribution in [0.1, 0.15) is 22.5 Å². The minimum Gasteiger partial charge on any atom is -0.395 e. The fraction of sp³-hybridized carbons (Fsp3) is 0.200. The van der Waals surface area contributed by atoms with Crippen LogP contribution in [0.5, 0.6) is 0 Å². The Hall–Kier alpha value is -1.66. The minimum atomic E-state index is 0.0420. The van der Waals surface area contributed by atoms with Crippen LogP contribution >= 0.6 is 0 Å². The average Bonchev–Trinajstić information content (AvgIpc) is 2.19. The summed E-state index contributed by atoms with van der Waals surface area (Å²) in [4.78, 5) is 14.3. The number of rotatable bonds is 2. The fourth-order valence-electron chi connectivity index (χ4n) is 0.798. The van der Waals surface area contributed by atoms with Crippen LogP contribution in [-0.4, -0.2) is 23.0 Å². The maximum Gasteiger partial charge on any atom is 0.150 e. The Bertz CT molecular complexity index is 349. The normalized spacial score (nSPS) is 8.69. The van der Waals surface area contributed by atoms with Gasteiger partial charge in [0.25, 0.3) is 0 Å². The van der Waals surface area contributed by atoms with E-state index in [4.69, 9.17) is 5.11 Å². The van der Waals surface area contributed by atoms with Gasteiger partial charge in [0.15, 0.2) is 0 Å². The molecule has 1 aromatic rings. The molecule has 1 rings (SSSR count). The van der Waals surface area contributed by atoms with Gasteiger partial charge in [0, 0.05) is 18.2 Å². The molecule has 0 bridgehead atoms. The van der Waals surface area contributed by atoms with Gasteiger partial charge in [0.2, 0.25) is 0 Å². The van der Waals surface area contributed by atoms with Crippen molar-refractivity contribution in [3.8, 4) is 11.8 Å². The van der Waals surface area contributed by atoms with Gasteiger partial charge in [-0.15, -0.1) is 0 Å². The molecule has 0 atom stereocenters. The Balaban J connectivity index is 2.79. The Morgan fingerprint density at radius 3 is 3.15 bits per heavy atom. The van der Waals surface area contributed by atoms with Crippen molar-refractivity contribution in [2.24, 2.45) is 0 Å². The van der Waals surface area contributed by atoms with E-state index in [1.54, 1.807) is 12.1 Å². The lowest BCUT2D eigenvalue weighted by atomic mass is 10.2. The number of aromatic nitrogens is 1. The Labute approximate surface area is 76.4 Å². The first-order chi connectivity index (χ1) is 6.36. The first kappa shape index (κ1) is 9.43. The summed E-state index contributed by atoms with van der Waals surface area (Å²) in [6.45, 7) is 0.0420. The summed E-state index contributed by atoms with van der Waals surface area (Å²) in [5.41, 5.74) is 1.11. The number of hydrogen-bond donors (Lipinski definition) is 1. The molecule has 0 amide bonds. The summed E-state index contributed by atoms with van der Waals surface area (Å²) in [5, 5.41) is 8.47. The van der Waals surface area contributed by atoms with E-state index in [0.29, 0.717) is 17.7 Å². The second-order valence-corrected chi connectivity index (χ2v) is 2.37. The summed E-state index contributed by atoms with van der Waals surface area (Å²) >= 11 is 0. The molecule has 0 unspecified atom stereocenters. The summed E-state index contributed by atoms with van der Waals surface area (Å²) in [6.07, 6.45) is 2.71. The second-order valence-electron chi connectivity index (χ2n) is 2.37. The third-order valence-corrected chi connectivity index (χ3v) is 1.37. The minimum absolute atomic E-state index is 0.0420. The Kier molecular flexibility index (Phi) is 3.68. The number of aliphatic hydroxyl groups is 1. The van der Waals surface area contributed by atoms with Gasteiger partial charge >= 0.3 is 0 Å². The monoisotopic (exact) mass is 175 g/mol. The van der Waals surface area contributed by atoms with E-state index in [9.17, 15) is 4.79 Å². The maximum absolute atomic E-state index is 10.4. The van der Waals surface area contributed by atoms with E-state index in [1.165, 1.54) is 6.20 Å². The molecule has 0 aliphatic carbocycles. The predicted octanol–water partition coefficient (Wildman–Crippen LogP) is 0.628. The molecule has 1 N–H and O–H groups in total. The molecule has 3 nitrogen and oxygen atoms in total. The number of carbonyl (C=O) groups is 1. The van der Waals surface area contributed by atoms with E-state index in [-0.39, 0.29) is 6.61 Å². The van der Waals surface area contributed by atoms with Crippen LogP contribution in [0.2, 0.25) is 0 Å². The highest BCUT2D eigenvalue weighted by molar-refractivity contribution is 5.74. The molecule has 66 valence electrons. The van der Waals surface area contributed by atoms with E-state index < -0.39 is 0 Å². The van der Waals surface area contributed by atoms with Gasteiger partial charge in [-0.1, -0.05) is 5.92 Å². The smallest absolute Gasteiger partial charge is 0.150 e. The number of pyridine rings is 1. The Morgan fingerprint density at radius 1 is 1.62 bits per heavy atom. The summed E-state index contributed by atoms with van der Waals surface area (Å²) in [5.74, 6) is 5.46. The molecule has 0 aromatic carbocycles. The summed E-state index contributed by atoms with van der Waals surface area (Å²) in [7, 11) is 0. The highest BCUT2D eigenvalue weighted by Gasteiger charge is 1.91. The van der Waals surface area contributed by atoms with E-state index >= 15 is 0 Å². The summed E-state index contributed by atoms with van der Waals surface area (Å²) < 4.78 is 0. The van der Waals surface area contributed by atoms with Gasteiger partial charge in [-0.3, -0.25) is 4.79 Å². The van der Waals surface area contributed by atoms with Crippen molar-refractivity contribution in [2.45, 2.75) is 6.42 Å². The van der Waals surface area contributed by atoms with Crippen LogP contribution in [0.15, 0.2) is 18.3 Å². The fourth-order valence-corrected chi connectivity index (χ4v) is 0.798. The largest absolute Gasteiger partial charge is 0.395 e. The van der Waals surface area contributed by atoms with Crippen molar-refractivity contribution in [3.05, 3.63) is 29.6 Å². The SMILES string of the molecule is O=Cc1ccnc(C#CCCO)c1. The maximum atomic E-state index is 10.4. The van der Waals surface area contributed by atoms with Crippen molar-refractivity contribution in [3.63, 3.8) is 0 Å². The van der Waals surface area contributed by atoms with Crippen molar-refractivity contribution in [2.75, 3.05) is 6.61 Å². The molecule has 0 spiro atoms. The molecule has 1 heterocycles. The second kappa shape index (κ2) is 5.07. The van der Waals surface area contributed by atoms with Gasteiger partial charge in [-0.2, -0.15) is 0 Å². The molecule has 1 aromatic heterocycles. The summed E-state index contributed by atoms with van der Waals surface area (Å²) in [6, 6.07) is 3.22. The van der Waals surface area contributed by atoms with E-state index in [1.807, 2.05) is 0 Å². The third-order valence-electron chi connectivity index (χ3n) is 1.37. The molecule has 0 saturated heterocycles. The first-order valence-electron chi connectivity index (χ1n) is 3.88. The molecule has 13 heavy (non-hydrogen) atoms. The molecule has 3 heteroatoms. The van der Waals surface area contributed by atoms with Crippen LogP contribution in [0.3, 0.4) is 0 Å². The molecule has 0 fully saturated rings. The van der Waals surface area contributed by atoms with Gasteiger partial charge in [0.05, 0.1) is 6.61 Å². The lowest BCUT2D eigenvalue weighted by molar-refractivity contribution is 0.112. The van der Waals surface area contributed by atoms with Crippen LogP contribution in [0, 0.1) is 11.8 Å². The highest BCUT2D eigenvalue weighted by atomic mass is 16.2. The van der Waals surface area contributed by atoms with Gasteiger partial charge in [-0.05, 0) is 18.1 Å². The molecular formula is C10H9NO2. The Morgan fingerprint density at radius 2 is 2.46 bits per heavy atom. The molecule has 0 saturated carbocycles. The van der Waals surface area contributed by atoms with Crippen molar-refractivity contribution in [1.29, 1.82) is 0 Å². The molecule has 0 aliphatic heterocycles. The van der Waals surface area contributed by atoms with Crippen LogP contribution in [0.4, 0.5) is 0 Å². The van der Waals surface area contributed by atoms with Gasteiger partial charge in [0.1, 0.15) is 12.0 Å². The zero-order chi connectivity index (χ0) is 9.52. The molecule has 0 radical (unpaired) electrons. The number of hydrogen-bond acceptors (Lipinski definition) is 3. The third kappa shape index (κ3) is 3.06. The lowest BCUT2D eigenvalue weighted by Crippen LogP contribution is -1.86. The topological polar surface area (TPSA) is 50.2 Å². The average molecular weight is 175 g/mol.